The third-order valence-corrected chi connectivity index (χ3v) is 5.99. The fourth-order valence-corrected chi connectivity index (χ4v) is 4.33. The minimum Gasteiger partial charge on any atom is -0.503 e. The van der Waals surface area contributed by atoms with Gasteiger partial charge in [-0.15, -0.1) is 0 Å². The predicted octanol–water partition coefficient (Wildman–Crippen LogP) is 5.13. The SMILES string of the molecule is CCC1CN(Cc2cccc(Cl)c2)C(=O)c2c(O)c(=O)c(-c3ccccc3Cl)cn21. The van der Waals surface area contributed by atoms with E-state index in [-0.39, 0.29) is 23.2 Å². The van der Waals surface area contributed by atoms with Gasteiger partial charge >= 0.3 is 0 Å². The van der Waals surface area contributed by atoms with E-state index in [1.165, 1.54) is 0 Å². The molecule has 5 nitrogen and oxygen atoms in total. The molecule has 7 heteroatoms. The molecule has 1 N–H and O–H groups in total. The molecule has 0 saturated carbocycles. The van der Waals surface area contributed by atoms with E-state index < -0.39 is 11.2 Å². The van der Waals surface area contributed by atoms with Crippen LogP contribution in [-0.2, 0) is 6.54 Å². The Hall–Kier alpha value is -2.76. The molecule has 0 aliphatic carbocycles. The Morgan fingerprint density at radius 3 is 2.53 bits per heavy atom. The van der Waals surface area contributed by atoms with Crippen molar-refractivity contribution < 1.29 is 9.90 Å². The molecule has 2 aromatic carbocycles. The average Bonchev–Trinajstić information content (AvgIpc) is 2.73. The van der Waals surface area contributed by atoms with Crippen molar-refractivity contribution in [3.63, 3.8) is 0 Å². The first kappa shape index (κ1) is 20.5. The van der Waals surface area contributed by atoms with Gasteiger partial charge in [-0.3, -0.25) is 9.59 Å². The number of fused-ring (bicyclic) bond motifs is 1. The van der Waals surface area contributed by atoms with Crippen LogP contribution in [-0.4, -0.2) is 27.0 Å². The third kappa shape index (κ3) is 3.59. The maximum absolute atomic E-state index is 13.2. The van der Waals surface area contributed by atoms with Crippen LogP contribution in [0.3, 0.4) is 0 Å². The monoisotopic (exact) mass is 442 g/mol. The molecule has 1 atom stereocenters. The number of aromatic nitrogens is 1. The topological polar surface area (TPSA) is 62.5 Å². The molecular formula is C23H20Cl2N2O3. The number of benzene rings is 2. The highest BCUT2D eigenvalue weighted by molar-refractivity contribution is 6.33. The van der Waals surface area contributed by atoms with Crippen molar-refractivity contribution in [3.8, 4) is 16.9 Å². The number of pyridine rings is 1. The number of halogens is 2. The summed E-state index contributed by atoms with van der Waals surface area (Å²) in [5.41, 5.74) is 1.08. The number of carbonyl (C=O) groups is 1. The van der Waals surface area contributed by atoms with Crippen LogP contribution < -0.4 is 5.43 Å². The van der Waals surface area contributed by atoms with Gasteiger partial charge in [0.15, 0.2) is 11.4 Å². The van der Waals surface area contributed by atoms with Crippen LogP contribution in [0.5, 0.6) is 5.75 Å². The Balaban J connectivity index is 1.81. The Bertz CT molecular complexity index is 1190. The Labute approximate surface area is 184 Å². The van der Waals surface area contributed by atoms with Gasteiger partial charge in [-0.05, 0) is 30.2 Å². The fourth-order valence-electron chi connectivity index (χ4n) is 3.88. The lowest BCUT2D eigenvalue weighted by molar-refractivity contribution is 0.0642. The highest BCUT2D eigenvalue weighted by atomic mass is 35.5. The van der Waals surface area contributed by atoms with Gasteiger partial charge in [0.25, 0.3) is 5.91 Å². The molecule has 1 aromatic heterocycles. The Kier molecular flexibility index (Phi) is 5.58. The smallest absolute Gasteiger partial charge is 0.274 e. The van der Waals surface area contributed by atoms with Crippen molar-refractivity contribution in [2.75, 3.05) is 6.54 Å². The summed E-state index contributed by atoms with van der Waals surface area (Å²) in [6, 6.07) is 14.2. The van der Waals surface area contributed by atoms with Gasteiger partial charge in [-0.25, -0.2) is 0 Å². The standard InChI is InChI=1S/C23H20Cl2N2O3/c1-2-16-12-26(11-14-6-5-7-15(24)10-14)23(30)20-22(29)21(28)18(13-27(16)20)17-8-3-4-9-19(17)25/h3-10,13,16,29H,2,11-12H2,1H3. The van der Waals surface area contributed by atoms with Gasteiger partial charge in [-0.2, -0.15) is 0 Å². The molecular weight excluding hydrogens is 423 g/mol. The Morgan fingerprint density at radius 1 is 1.07 bits per heavy atom. The van der Waals surface area contributed by atoms with E-state index in [4.69, 9.17) is 23.2 Å². The van der Waals surface area contributed by atoms with Crippen molar-refractivity contribution in [1.82, 2.24) is 9.47 Å². The van der Waals surface area contributed by atoms with Gasteiger partial charge in [0.2, 0.25) is 5.43 Å². The predicted molar refractivity (Wildman–Crippen MR) is 118 cm³/mol. The highest BCUT2D eigenvalue weighted by Gasteiger charge is 2.34. The summed E-state index contributed by atoms with van der Waals surface area (Å²) in [6.07, 6.45) is 2.36. The first-order valence-electron chi connectivity index (χ1n) is 9.67. The maximum atomic E-state index is 13.2. The molecule has 4 rings (SSSR count). The minimum atomic E-state index is -0.609. The summed E-state index contributed by atoms with van der Waals surface area (Å²) in [7, 11) is 0. The second-order valence-electron chi connectivity index (χ2n) is 7.33. The molecule has 30 heavy (non-hydrogen) atoms. The number of hydrogen-bond donors (Lipinski definition) is 1. The molecule has 0 saturated heterocycles. The summed E-state index contributed by atoms with van der Waals surface area (Å²) in [6.45, 7) is 2.81. The number of aromatic hydroxyl groups is 1. The third-order valence-electron chi connectivity index (χ3n) is 5.42. The molecule has 0 radical (unpaired) electrons. The van der Waals surface area contributed by atoms with E-state index in [1.54, 1.807) is 52.1 Å². The van der Waals surface area contributed by atoms with Gasteiger partial charge in [0.1, 0.15) is 0 Å². The Morgan fingerprint density at radius 2 is 1.83 bits per heavy atom. The summed E-state index contributed by atoms with van der Waals surface area (Å²) < 4.78 is 1.71. The lowest BCUT2D eigenvalue weighted by Crippen LogP contribution is -2.43. The van der Waals surface area contributed by atoms with E-state index in [9.17, 15) is 14.7 Å². The van der Waals surface area contributed by atoms with Crippen LogP contribution in [0.15, 0.2) is 59.5 Å². The average molecular weight is 443 g/mol. The molecule has 0 spiro atoms. The highest BCUT2D eigenvalue weighted by Crippen LogP contribution is 2.33. The normalized spacial score (nSPS) is 15.9. The summed E-state index contributed by atoms with van der Waals surface area (Å²) >= 11 is 12.3. The molecule has 3 aromatic rings. The minimum absolute atomic E-state index is 0.0101. The summed E-state index contributed by atoms with van der Waals surface area (Å²) in [4.78, 5) is 27.8. The molecule has 1 unspecified atom stereocenters. The molecule has 0 bridgehead atoms. The van der Waals surface area contributed by atoms with Gasteiger partial charge in [-0.1, -0.05) is 60.5 Å². The van der Waals surface area contributed by atoms with Crippen LogP contribution >= 0.6 is 23.2 Å². The second kappa shape index (κ2) is 8.17. The van der Waals surface area contributed by atoms with Crippen LogP contribution in [0.25, 0.3) is 11.1 Å². The van der Waals surface area contributed by atoms with Crippen LogP contribution in [0, 0.1) is 0 Å². The summed E-state index contributed by atoms with van der Waals surface area (Å²) in [5, 5.41) is 11.7. The maximum Gasteiger partial charge on any atom is 0.274 e. The first-order chi connectivity index (χ1) is 14.4. The zero-order valence-electron chi connectivity index (χ0n) is 16.3. The molecule has 2 heterocycles. The van der Waals surface area contributed by atoms with Crippen LogP contribution in [0.2, 0.25) is 10.0 Å². The van der Waals surface area contributed by atoms with Gasteiger partial charge in [0, 0.05) is 34.9 Å². The van der Waals surface area contributed by atoms with Crippen molar-refractivity contribution in [1.29, 1.82) is 0 Å². The van der Waals surface area contributed by atoms with E-state index in [2.05, 4.69) is 0 Å². The van der Waals surface area contributed by atoms with Crippen LogP contribution in [0.1, 0.15) is 35.4 Å². The van der Waals surface area contributed by atoms with Crippen molar-refractivity contribution in [2.45, 2.75) is 25.9 Å². The van der Waals surface area contributed by atoms with E-state index in [0.29, 0.717) is 28.7 Å². The van der Waals surface area contributed by atoms with Gasteiger partial charge < -0.3 is 14.6 Å². The number of nitrogens with zero attached hydrogens (tertiary/aromatic N) is 2. The van der Waals surface area contributed by atoms with E-state index >= 15 is 0 Å². The number of rotatable bonds is 4. The lowest BCUT2D eigenvalue weighted by Gasteiger charge is -2.36. The number of amides is 1. The van der Waals surface area contributed by atoms with Crippen molar-refractivity contribution in [3.05, 3.63) is 86.3 Å². The molecule has 1 amide bonds. The van der Waals surface area contributed by atoms with E-state index in [0.717, 1.165) is 12.0 Å². The van der Waals surface area contributed by atoms with Crippen LogP contribution in [0.4, 0.5) is 0 Å². The molecule has 1 aliphatic rings. The molecule has 154 valence electrons. The molecule has 1 aliphatic heterocycles. The van der Waals surface area contributed by atoms with E-state index in [1.807, 2.05) is 19.1 Å². The zero-order chi connectivity index (χ0) is 21.4. The zero-order valence-corrected chi connectivity index (χ0v) is 17.8. The quantitative estimate of drug-likeness (QED) is 0.608. The van der Waals surface area contributed by atoms with Gasteiger partial charge in [0.05, 0.1) is 11.6 Å². The van der Waals surface area contributed by atoms with Crippen molar-refractivity contribution in [2.24, 2.45) is 0 Å². The fraction of sp³-hybridized carbons (Fsp3) is 0.217. The molecule has 0 fully saturated rings. The second-order valence-corrected chi connectivity index (χ2v) is 8.18. The number of hydrogen-bond acceptors (Lipinski definition) is 3. The van der Waals surface area contributed by atoms with Crippen molar-refractivity contribution >= 4 is 29.1 Å². The summed E-state index contributed by atoms with van der Waals surface area (Å²) in [5.74, 6) is -0.938. The largest absolute Gasteiger partial charge is 0.503 e. The first-order valence-corrected chi connectivity index (χ1v) is 10.4. The lowest BCUT2D eigenvalue weighted by atomic mass is 10.0. The number of carbonyl (C=O) groups excluding carboxylic acids is 1.